The normalized spacial score (nSPS) is 11.3. The predicted molar refractivity (Wildman–Crippen MR) is 164 cm³/mol. The van der Waals surface area contributed by atoms with E-state index in [0.29, 0.717) is 17.2 Å². The molecule has 4 aromatic carbocycles. The van der Waals surface area contributed by atoms with Gasteiger partial charge in [0, 0.05) is 17.8 Å². The SMILES string of the molecule is COc1cccc(N(CC(=O)Nc2ccc(S(=O)(=O)Nc3cc(OC)ccc3OC)cc2)S(=O)(=O)c2ccc(C)cc2)c1. The monoisotopic (exact) mass is 625 g/mol. The summed E-state index contributed by atoms with van der Waals surface area (Å²) in [6.07, 6.45) is 0. The number of hydrogen-bond acceptors (Lipinski definition) is 8. The van der Waals surface area contributed by atoms with Crippen LogP contribution in [0.5, 0.6) is 17.2 Å². The summed E-state index contributed by atoms with van der Waals surface area (Å²) in [5, 5.41) is 2.64. The first-order chi connectivity index (χ1) is 20.5. The molecular formula is C30H31N3O8S2. The number of anilines is 3. The van der Waals surface area contributed by atoms with Gasteiger partial charge in [0.15, 0.2) is 0 Å². The molecule has 43 heavy (non-hydrogen) atoms. The van der Waals surface area contributed by atoms with Crippen molar-refractivity contribution in [3.05, 3.63) is 96.6 Å². The molecule has 0 aliphatic carbocycles. The van der Waals surface area contributed by atoms with E-state index in [1.165, 1.54) is 69.9 Å². The molecule has 0 unspecified atom stereocenters. The van der Waals surface area contributed by atoms with Crippen LogP contribution in [0.3, 0.4) is 0 Å². The second-order valence-electron chi connectivity index (χ2n) is 9.27. The number of ether oxygens (including phenoxy) is 3. The molecule has 0 aliphatic rings. The molecule has 0 aliphatic heterocycles. The summed E-state index contributed by atoms with van der Waals surface area (Å²) in [7, 11) is -3.84. The fraction of sp³-hybridized carbons (Fsp3) is 0.167. The molecule has 0 aromatic heterocycles. The Morgan fingerprint density at radius 1 is 0.744 bits per heavy atom. The minimum absolute atomic E-state index is 0.0171. The van der Waals surface area contributed by atoms with E-state index in [2.05, 4.69) is 10.0 Å². The standard InChI is InChI=1S/C30H31N3O8S2/c1-21-8-13-27(14-9-21)43(37,38)33(23-6-5-7-24(18-23)39-2)20-30(34)31-22-10-15-26(16-11-22)42(35,36)32-28-19-25(40-3)12-17-29(28)41-4/h5-19,32H,20H2,1-4H3,(H,31,34). The van der Waals surface area contributed by atoms with Crippen LogP contribution in [0.1, 0.15) is 5.56 Å². The Morgan fingerprint density at radius 2 is 1.37 bits per heavy atom. The Hall–Kier alpha value is -4.75. The lowest BCUT2D eigenvalue weighted by molar-refractivity contribution is -0.114. The van der Waals surface area contributed by atoms with Crippen molar-refractivity contribution < 1.29 is 35.8 Å². The second-order valence-corrected chi connectivity index (χ2v) is 12.8. The Morgan fingerprint density at radius 3 is 2.00 bits per heavy atom. The highest BCUT2D eigenvalue weighted by atomic mass is 32.2. The number of nitrogens with one attached hydrogen (secondary N) is 2. The van der Waals surface area contributed by atoms with E-state index >= 15 is 0 Å². The van der Waals surface area contributed by atoms with Crippen molar-refractivity contribution in [2.75, 3.05) is 42.2 Å². The minimum Gasteiger partial charge on any atom is -0.497 e. The van der Waals surface area contributed by atoms with Crippen molar-refractivity contribution in [3.63, 3.8) is 0 Å². The lowest BCUT2D eigenvalue weighted by Crippen LogP contribution is -2.38. The largest absolute Gasteiger partial charge is 0.497 e. The minimum atomic E-state index is -4.14. The molecule has 0 heterocycles. The Bertz CT molecular complexity index is 1810. The number of amides is 1. The zero-order valence-electron chi connectivity index (χ0n) is 23.9. The van der Waals surface area contributed by atoms with E-state index < -0.39 is 32.5 Å². The molecule has 226 valence electrons. The molecule has 0 saturated carbocycles. The molecule has 1 amide bonds. The lowest BCUT2D eigenvalue weighted by atomic mass is 10.2. The Kier molecular flexibility index (Phi) is 9.46. The number of aryl methyl sites for hydroxylation is 1. The molecule has 2 N–H and O–H groups in total. The molecule has 0 atom stereocenters. The zero-order chi connectivity index (χ0) is 31.2. The van der Waals surface area contributed by atoms with E-state index in [-0.39, 0.29) is 26.9 Å². The first-order valence-corrected chi connectivity index (χ1v) is 15.8. The summed E-state index contributed by atoms with van der Waals surface area (Å²) in [6, 6.07) is 22.8. The molecule has 0 bridgehead atoms. The number of rotatable bonds is 12. The van der Waals surface area contributed by atoms with E-state index in [4.69, 9.17) is 14.2 Å². The summed E-state index contributed by atoms with van der Waals surface area (Å²) in [6.45, 7) is 1.28. The smallest absolute Gasteiger partial charge is 0.264 e. The molecule has 0 spiro atoms. The number of methoxy groups -OCH3 is 3. The van der Waals surface area contributed by atoms with Crippen LogP contribution < -0.4 is 28.6 Å². The first kappa shape index (κ1) is 31.2. The van der Waals surface area contributed by atoms with Crippen molar-refractivity contribution in [2.45, 2.75) is 16.7 Å². The summed E-state index contributed by atoms with van der Waals surface area (Å²) >= 11 is 0. The van der Waals surface area contributed by atoms with Crippen LogP contribution in [-0.2, 0) is 24.8 Å². The second kappa shape index (κ2) is 13.0. The highest BCUT2D eigenvalue weighted by Crippen LogP contribution is 2.31. The Labute approximate surface area is 251 Å². The molecule has 0 saturated heterocycles. The van der Waals surface area contributed by atoms with Gasteiger partial charge in [0.05, 0.1) is 42.5 Å². The fourth-order valence-corrected chi connectivity index (χ4v) is 6.54. The number of carbonyl (C=O) groups is 1. The molecular weight excluding hydrogens is 594 g/mol. The van der Waals surface area contributed by atoms with Gasteiger partial charge in [-0.25, -0.2) is 16.8 Å². The number of carbonyl (C=O) groups excluding carboxylic acids is 1. The molecule has 11 nitrogen and oxygen atoms in total. The van der Waals surface area contributed by atoms with Gasteiger partial charge in [-0.05, 0) is 67.6 Å². The van der Waals surface area contributed by atoms with Gasteiger partial charge < -0.3 is 19.5 Å². The molecule has 4 aromatic rings. The summed E-state index contributed by atoms with van der Waals surface area (Å²) in [5.41, 5.74) is 1.57. The number of benzene rings is 4. The van der Waals surface area contributed by atoms with Gasteiger partial charge >= 0.3 is 0 Å². The molecule has 4 rings (SSSR count). The van der Waals surface area contributed by atoms with Crippen LogP contribution in [-0.4, -0.2) is 50.6 Å². The predicted octanol–water partition coefficient (Wildman–Crippen LogP) is 4.66. The summed E-state index contributed by atoms with van der Waals surface area (Å²) in [4.78, 5) is 13.1. The maximum absolute atomic E-state index is 13.6. The van der Waals surface area contributed by atoms with E-state index in [0.717, 1.165) is 9.87 Å². The first-order valence-electron chi connectivity index (χ1n) is 12.8. The molecule has 0 fully saturated rings. The fourth-order valence-electron chi connectivity index (χ4n) is 4.06. The Balaban J connectivity index is 1.55. The van der Waals surface area contributed by atoms with Crippen molar-refractivity contribution in [3.8, 4) is 17.2 Å². The van der Waals surface area contributed by atoms with Crippen LogP contribution in [0, 0.1) is 6.92 Å². The van der Waals surface area contributed by atoms with Gasteiger partial charge in [-0.3, -0.25) is 13.8 Å². The molecule has 13 heteroatoms. The van der Waals surface area contributed by atoms with Crippen LogP contribution in [0.15, 0.2) is 101 Å². The average molecular weight is 626 g/mol. The van der Waals surface area contributed by atoms with E-state index in [1.54, 1.807) is 42.5 Å². The third-order valence-electron chi connectivity index (χ3n) is 6.34. The van der Waals surface area contributed by atoms with Crippen molar-refractivity contribution in [2.24, 2.45) is 0 Å². The van der Waals surface area contributed by atoms with Gasteiger partial charge in [0.1, 0.15) is 23.8 Å². The van der Waals surface area contributed by atoms with Crippen molar-refractivity contribution in [1.29, 1.82) is 0 Å². The van der Waals surface area contributed by atoms with Gasteiger partial charge in [-0.1, -0.05) is 23.8 Å². The third-order valence-corrected chi connectivity index (χ3v) is 9.51. The van der Waals surface area contributed by atoms with Gasteiger partial charge in [-0.15, -0.1) is 0 Å². The lowest BCUT2D eigenvalue weighted by Gasteiger charge is -2.24. The van der Waals surface area contributed by atoms with E-state index in [1.807, 2.05) is 6.92 Å². The number of sulfonamides is 2. The maximum Gasteiger partial charge on any atom is 0.264 e. The van der Waals surface area contributed by atoms with Crippen molar-refractivity contribution in [1.82, 2.24) is 0 Å². The van der Waals surface area contributed by atoms with Crippen LogP contribution in [0.2, 0.25) is 0 Å². The number of nitrogens with zero attached hydrogens (tertiary/aromatic N) is 1. The van der Waals surface area contributed by atoms with Gasteiger partial charge in [0.25, 0.3) is 20.0 Å². The van der Waals surface area contributed by atoms with Crippen LogP contribution >= 0.6 is 0 Å². The van der Waals surface area contributed by atoms with E-state index in [9.17, 15) is 21.6 Å². The van der Waals surface area contributed by atoms with Crippen LogP contribution in [0.25, 0.3) is 0 Å². The summed E-state index contributed by atoms with van der Waals surface area (Å²) in [5.74, 6) is 0.505. The summed E-state index contributed by atoms with van der Waals surface area (Å²) < 4.78 is 72.5. The quantitative estimate of drug-likeness (QED) is 0.232. The number of hydrogen-bond donors (Lipinski definition) is 2. The van der Waals surface area contributed by atoms with Crippen molar-refractivity contribution >= 4 is 43.0 Å². The average Bonchev–Trinajstić information content (AvgIpc) is 3.00. The topological polar surface area (TPSA) is 140 Å². The highest BCUT2D eigenvalue weighted by Gasteiger charge is 2.28. The molecule has 0 radical (unpaired) electrons. The third kappa shape index (κ3) is 7.37. The van der Waals surface area contributed by atoms with Gasteiger partial charge in [0.2, 0.25) is 5.91 Å². The maximum atomic E-state index is 13.6. The van der Waals surface area contributed by atoms with Gasteiger partial charge in [-0.2, -0.15) is 0 Å². The highest BCUT2D eigenvalue weighted by molar-refractivity contribution is 7.93. The van der Waals surface area contributed by atoms with Crippen LogP contribution in [0.4, 0.5) is 17.1 Å². The zero-order valence-corrected chi connectivity index (χ0v) is 25.5.